The highest BCUT2D eigenvalue weighted by Gasteiger charge is 2.53. The molecule has 0 bridgehead atoms. The Labute approximate surface area is 118 Å². The van der Waals surface area contributed by atoms with Gasteiger partial charge < -0.3 is 14.4 Å². The fraction of sp³-hybridized carbons (Fsp3) is 0.538. The van der Waals surface area contributed by atoms with Crippen molar-refractivity contribution in [3.05, 3.63) is 23.2 Å². The van der Waals surface area contributed by atoms with Crippen molar-refractivity contribution in [1.82, 2.24) is 4.90 Å². The van der Waals surface area contributed by atoms with E-state index in [1.807, 2.05) is 0 Å². The predicted molar refractivity (Wildman–Crippen MR) is 64.8 cm³/mol. The third kappa shape index (κ3) is 2.88. The van der Waals surface area contributed by atoms with Gasteiger partial charge >= 0.3 is 12.1 Å². The van der Waals surface area contributed by atoms with E-state index in [0.29, 0.717) is 11.5 Å². The van der Waals surface area contributed by atoms with Gasteiger partial charge in [0.05, 0.1) is 17.4 Å². The Morgan fingerprint density at radius 1 is 1.33 bits per heavy atom. The fourth-order valence-corrected chi connectivity index (χ4v) is 2.57. The lowest BCUT2D eigenvalue weighted by molar-refractivity contribution is -0.187. The Morgan fingerprint density at radius 2 is 1.95 bits per heavy atom. The molecule has 1 aliphatic rings. The number of rotatable bonds is 2. The molecule has 21 heavy (non-hydrogen) atoms. The molecule has 0 spiro atoms. The quantitative estimate of drug-likeness (QED) is 0.909. The fourth-order valence-electron chi connectivity index (χ4n) is 2.57. The molecule has 0 unspecified atom stereocenters. The standard InChI is InChI=1S/C13H14F3NO4/c1-6-3-8(7(2)21-6)11(18)17-4-9(12(19)20)10(5-17)13(14,15)16/h3,9-10H,4-5H2,1-2H3,(H,19,20)/t9-,10-/m1/s1. The summed E-state index contributed by atoms with van der Waals surface area (Å²) in [5.74, 6) is -5.10. The molecule has 2 rings (SSSR count). The lowest BCUT2D eigenvalue weighted by atomic mass is 9.96. The van der Waals surface area contributed by atoms with Crippen molar-refractivity contribution in [2.45, 2.75) is 20.0 Å². The summed E-state index contributed by atoms with van der Waals surface area (Å²) < 4.78 is 43.8. The van der Waals surface area contributed by atoms with E-state index in [2.05, 4.69) is 0 Å². The average molecular weight is 305 g/mol. The second-order valence-electron chi connectivity index (χ2n) is 5.13. The molecule has 0 aromatic carbocycles. The first-order valence-electron chi connectivity index (χ1n) is 6.27. The largest absolute Gasteiger partial charge is 0.481 e. The van der Waals surface area contributed by atoms with Crippen LogP contribution in [-0.4, -0.2) is 41.1 Å². The highest BCUT2D eigenvalue weighted by molar-refractivity contribution is 5.96. The maximum absolute atomic E-state index is 12.9. The molecule has 1 aliphatic heterocycles. The van der Waals surface area contributed by atoms with Crippen LogP contribution < -0.4 is 0 Å². The van der Waals surface area contributed by atoms with Crippen LogP contribution in [0.2, 0.25) is 0 Å². The van der Waals surface area contributed by atoms with Gasteiger partial charge in [0.15, 0.2) is 0 Å². The number of alkyl halides is 3. The summed E-state index contributed by atoms with van der Waals surface area (Å²) in [5, 5.41) is 8.92. The van der Waals surface area contributed by atoms with Crippen molar-refractivity contribution in [3.63, 3.8) is 0 Å². The molecule has 0 radical (unpaired) electrons. The van der Waals surface area contributed by atoms with Gasteiger partial charge in [0.1, 0.15) is 11.5 Å². The van der Waals surface area contributed by atoms with E-state index in [1.54, 1.807) is 6.92 Å². The Kier molecular flexibility index (Phi) is 3.73. The SMILES string of the molecule is Cc1cc(C(=O)N2C[C@@H](C(F)(F)F)[C@H](C(=O)O)C2)c(C)o1. The van der Waals surface area contributed by atoms with E-state index < -0.39 is 43.0 Å². The van der Waals surface area contributed by atoms with Crippen LogP contribution in [0.3, 0.4) is 0 Å². The predicted octanol–water partition coefficient (Wildman–Crippen LogP) is 2.23. The Balaban J connectivity index is 2.25. The second-order valence-corrected chi connectivity index (χ2v) is 5.13. The number of carboxylic acids is 1. The second kappa shape index (κ2) is 5.09. The molecule has 1 amide bonds. The lowest BCUT2D eigenvalue weighted by Crippen LogP contribution is -2.34. The average Bonchev–Trinajstić information content (AvgIpc) is 2.91. The van der Waals surface area contributed by atoms with Gasteiger partial charge in [0, 0.05) is 13.1 Å². The van der Waals surface area contributed by atoms with Crippen LogP contribution >= 0.6 is 0 Å². The van der Waals surface area contributed by atoms with Gasteiger partial charge in [0.25, 0.3) is 5.91 Å². The molecular formula is C13H14F3NO4. The number of likely N-dealkylation sites (tertiary alicyclic amines) is 1. The number of aryl methyl sites for hydroxylation is 2. The summed E-state index contributed by atoms with van der Waals surface area (Å²) in [6.45, 7) is 2.05. The lowest BCUT2D eigenvalue weighted by Gasteiger charge is -2.18. The molecule has 2 heterocycles. The topological polar surface area (TPSA) is 70.8 Å². The highest BCUT2D eigenvalue weighted by Crippen LogP contribution is 2.38. The molecule has 5 nitrogen and oxygen atoms in total. The van der Waals surface area contributed by atoms with Crippen LogP contribution in [0.15, 0.2) is 10.5 Å². The van der Waals surface area contributed by atoms with Crippen molar-refractivity contribution in [3.8, 4) is 0 Å². The minimum atomic E-state index is -4.65. The Bertz CT molecular complexity index is 578. The van der Waals surface area contributed by atoms with E-state index >= 15 is 0 Å². The molecule has 1 aromatic heterocycles. The summed E-state index contributed by atoms with van der Waals surface area (Å²) in [6.07, 6.45) is -4.65. The van der Waals surface area contributed by atoms with Crippen molar-refractivity contribution in [1.29, 1.82) is 0 Å². The Morgan fingerprint density at radius 3 is 2.33 bits per heavy atom. The number of carboxylic acid groups (broad SMARTS) is 1. The van der Waals surface area contributed by atoms with Gasteiger partial charge in [-0.05, 0) is 19.9 Å². The normalized spacial score (nSPS) is 22.6. The number of furan rings is 1. The van der Waals surface area contributed by atoms with Crippen LogP contribution in [0, 0.1) is 25.7 Å². The first-order chi connectivity index (χ1) is 9.61. The first-order valence-corrected chi connectivity index (χ1v) is 6.27. The van der Waals surface area contributed by atoms with E-state index in [4.69, 9.17) is 9.52 Å². The molecule has 0 aliphatic carbocycles. The van der Waals surface area contributed by atoms with Crippen LogP contribution in [0.5, 0.6) is 0 Å². The molecule has 8 heteroatoms. The molecule has 1 aromatic rings. The van der Waals surface area contributed by atoms with E-state index in [9.17, 15) is 22.8 Å². The number of carbonyl (C=O) groups excluding carboxylic acids is 1. The number of halogens is 3. The number of aliphatic carboxylic acids is 1. The van der Waals surface area contributed by atoms with Gasteiger partial charge in [-0.3, -0.25) is 9.59 Å². The molecule has 1 N–H and O–H groups in total. The molecular weight excluding hydrogens is 291 g/mol. The monoisotopic (exact) mass is 305 g/mol. The number of carbonyl (C=O) groups is 2. The smallest absolute Gasteiger partial charge is 0.394 e. The van der Waals surface area contributed by atoms with Crippen molar-refractivity contribution >= 4 is 11.9 Å². The zero-order chi connectivity index (χ0) is 15.9. The minimum Gasteiger partial charge on any atom is -0.481 e. The van der Waals surface area contributed by atoms with E-state index in [-0.39, 0.29) is 5.56 Å². The summed E-state index contributed by atoms with van der Waals surface area (Å²) >= 11 is 0. The third-order valence-corrected chi connectivity index (χ3v) is 3.62. The van der Waals surface area contributed by atoms with Crippen LogP contribution in [-0.2, 0) is 4.79 Å². The van der Waals surface area contributed by atoms with Gasteiger partial charge in [-0.1, -0.05) is 0 Å². The van der Waals surface area contributed by atoms with Gasteiger partial charge in [-0.25, -0.2) is 0 Å². The highest BCUT2D eigenvalue weighted by atomic mass is 19.4. The van der Waals surface area contributed by atoms with Crippen LogP contribution in [0.1, 0.15) is 21.9 Å². The number of hydrogen-bond donors (Lipinski definition) is 1. The van der Waals surface area contributed by atoms with Crippen molar-refractivity contribution < 1.29 is 32.3 Å². The summed E-state index contributed by atoms with van der Waals surface area (Å²) in [7, 11) is 0. The van der Waals surface area contributed by atoms with Gasteiger partial charge in [0.2, 0.25) is 0 Å². The molecule has 2 atom stereocenters. The molecule has 0 saturated carbocycles. The van der Waals surface area contributed by atoms with Gasteiger partial charge in [-0.15, -0.1) is 0 Å². The zero-order valence-corrected chi connectivity index (χ0v) is 11.4. The van der Waals surface area contributed by atoms with Crippen molar-refractivity contribution in [2.24, 2.45) is 11.8 Å². The summed E-state index contributed by atoms with van der Waals surface area (Å²) in [4.78, 5) is 24.1. The maximum atomic E-state index is 12.9. The minimum absolute atomic E-state index is 0.166. The van der Waals surface area contributed by atoms with Gasteiger partial charge in [-0.2, -0.15) is 13.2 Å². The third-order valence-electron chi connectivity index (χ3n) is 3.62. The first kappa shape index (κ1) is 15.4. The molecule has 1 saturated heterocycles. The Hall–Kier alpha value is -1.99. The van der Waals surface area contributed by atoms with E-state index in [1.165, 1.54) is 13.0 Å². The molecule has 1 fully saturated rings. The summed E-state index contributed by atoms with van der Waals surface area (Å²) in [6, 6.07) is 1.44. The zero-order valence-electron chi connectivity index (χ0n) is 11.4. The number of amides is 1. The summed E-state index contributed by atoms with van der Waals surface area (Å²) in [5.41, 5.74) is 0.166. The maximum Gasteiger partial charge on any atom is 0.394 e. The number of hydrogen-bond acceptors (Lipinski definition) is 3. The molecule has 116 valence electrons. The van der Waals surface area contributed by atoms with E-state index in [0.717, 1.165) is 4.90 Å². The number of nitrogens with zero attached hydrogens (tertiary/aromatic N) is 1. The van der Waals surface area contributed by atoms with Crippen LogP contribution in [0.4, 0.5) is 13.2 Å². The van der Waals surface area contributed by atoms with Crippen LogP contribution in [0.25, 0.3) is 0 Å². The van der Waals surface area contributed by atoms with Crippen molar-refractivity contribution in [2.75, 3.05) is 13.1 Å².